The summed E-state index contributed by atoms with van der Waals surface area (Å²) in [7, 11) is 1.61. The number of fused-ring (bicyclic) bond motifs is 2. The van der Waals surface area contributed by atoms with Crippen molar-refractivity contribution in [2.45, 2.75) is 94.0 Å². The minimum atomic E-state index is -0.548. The lowest BCUT2D eigenvalue weighted by Crippen LogP contribution is -2.63. The van der Waals surface area contributed by atoms with E-state index in [1.54, 1.807) is 17.8 Å². The van der Waals surface area contributed by atoms with Gasteiger partial charge in [0.15, 0.2) is 0 Å². The molecule has 0 radical (unpaired) electrons. The Bertz CT molecular complexity index is 2940. The number of methoxy groups -OCH3 is 1. The molecule has 5 fully saturated rings. The van der Waals surface area contributed by atoms with E-state index in [0.717, 1.165) is 109 Å². The fourth-order valence-corrected chi connectivity index (χ4v) is 11.4. The number of nitrogens with one attached hydrogen (secondary N) is 2. The van der Waals surface area contributed by atoms with E-state index < -0.39 is 6.04 Å². The van der Waals surface area contributed by atoms with E-state index in [-0.39, 0.29) is 54.0 Å². The second kappa shape index (κ2) is 18.1. The van der Waals surface area contributed by atoms with Crippen molar-refractivity contribution in [1.82, 2.24) is 44.5 Å². The summed E-state index contributed by atoms with van der Waals surface area (Å²) >= 11 is 0. The summed E-state index contributed by atoms with van der Waals surface area (Å²) < 4.78 is 24.5. The third-order valence-electron chi connectivity index (χ3n) is 15.1. The normalized spacial score (nSPS) is 24.5. The average Bonchev–Trinajstić information content (AvgIpc) is 4.09. The van der Waals surface area contributed by atoms with Gasteiger partial charge >= 0.3 is 0 Å². The number of hydrogen-bond acceptors (Lipinski definition) is 13. The van der Waals surface area contributed by atoms with Crippen LogP contribution in [-0.2, 0) is 16.1 Å². The van der Waals surface area contributed by atoms with Gasteiger partial charge in [-0.15, -0.1) is 0 Å². The second-order valence-electron chi connectivity index (χ2n) is 19.0. The summed E-state index contributed by atoms with van der Waals surface area (Å²) in [4.78, 5) is 40.2. The highest BCUT2D eigenvalue weighted by molar-refractivity contribution is 6.01. The Labute approximate surface area is 393 Å². The standard InChI is InChI=1S/C51H52FN13O3/c1-68-48-13-2-31(22-56-48)26-62-27-36(21-54)50-45(62)30-63(50)46-11-3-33(23-55-46)42-18-34(28-65-49(42)35(20-53)24-58-65)37-25-57-64(29-37)40-7-5-39(6-8-40)61-16-14-32(15-17-61)41-9-4-38(19-43(41)52)59-44-10-12-47(66)60-51(44)67/h2-4,9,11,13,18-19,22-25,28-29,32,36,39-40,44-45,50,59H,5-8,10,12,14-17,26-27,30H2,1H3,(H,60,66,67)/t36-,39?,40?,44?,45-,50-/m0/s1. The number of piperidine rings is 2. The zero-order valence-electron chi connectivity index (χ0n) is 37.8. The molecule has 2 N–H and O–H groups in total. The number of anilines is 2. The van der Waals surface area contributed by atoms with Crippen LogP contribution in [0.3, 0.4) is 0 Å². The highest BCUT2D eigenvalue weighted by Gasteiger charge is 2.53. The maximum atomic E-state index is 15.4. The fourth-order valence-electron chi connectivity index (χ4n) is 11.4. The number of imide groups is 1. The molecule has 1 unspecified atom stereocenters. The predicted octanol–water partition coefficient (Wildman–Crippen LogP) is 6.47. The van der Waals surface area contributed by atoms with Gasteiger partial charge in [-0.05, 0) is 105 Å². The van der Waals surface area contributed by atoms with Crippen LogP contribution < -0.4 is 20.3 Å². The van der Waals surface area contributed by atoms with E-state index in [4.69, 9.17) is 14.8 Å². The Morgan fingerprint density at radius 1 is 0.853 bits per heavy atom. The third kappa shape index (κ3) is 8.19. The minimum absolute atomic E-state index is 0.0479. The largest absolute Gasteiger partial charge is 0.481 e. The van der Waals surface area contributed by atoms with Gasteiger partial charge in [-0.25, -0.2) is 18.9 Å². The quantitative estimate of drug-likeness (QED) is 0.135. The minimum Gasteiger partial charge on any atom is -0.481 e. The summed E-state index contributed by atoms with van der Waals surface area (Å²) in [5.74, 6) is 0.496. The van der Waals surface area contributed by atoms with E-state index in [0.29, 0.717) is 36.1 Å². The van der Waals surface area contributed by atoms with Crippen molar-refractivity contribution in [3.05, 3.63) is 108 Å². The molecule has 0 bridgehead atoms. The van der Waals surface area contributed by atoms with Gasteiger partial charge in [0.1, 0.15) is 23.7 Å². The van der Waals surface area contributed by atoms with Crippen LogP contribution in [0.4, 0.5) is 15.9 Å². The number of ether oxygens (including phenoxy) is 1. The molecule has 1 aliphatic carbocycles. The molecule has 9 heterocycles. The molecule has 68 heavy (non-hydrogen) atoms. The van der Waals surface area contributed by atoms with Gasteiger partial charge in [0.05, 0.1) is 54.7 Å². The lowest BCUT2D eigenvalue weighted by molar-refractivity contribution is -0.133. The molecular formula is C51H52FN13O3. The number of pyridine rings is 3. The molecule has 5 aliphatic rings. The molecule has 0 spiro atoms. The first-order chi connectivity index (χ1) is 33.2. The number of aromatic nitrogens is 6. The van der Waals surface area contributed by atoms with Crippen LogP contribution in [0, 0.1) is 34.4 Å². The summed E-state index contributed by atoms with van der Waals surface area (Å²) in [6.07, 6.45) is 17.9. The summed E-state index contributed by atoms with van der Waals surface area (Å²) in [5, 5.41) is 35.1. The first-order valence-corrected chi connectivity index (χ1v) is 23.7. The van der Waals surface area contributed by atoms with Crippen molar-refractivity contribution in [1.29, 1.82) is 10.5 Å². The van der Waals surface area contributed by atoms with Gasteiger partial charge in [-0.1, -0.05) is 12.1 Å². The SMILES string of the molecule is COc1ccc(CN2C[C@H](C#N)[C@H]3[C@@H]2CN3c2ccc(-c3cc(-c4cnn(C5CCC(N6CCC(c7ccc(NC8CCC(=O)NC8=O)cc7F)CC6)CC5)c4)cn4ncc(C#N)c34)cn2)cn1. The topological polar surface area (TPSA) is 186 Å². The van der Waals surface area contributed by atoms with Crippen LogP contribution in [0.1, 0.15) is 80.0 Å². The van der Waals surface area contributed by atoms with Gasteiger partial charge < -0.3 is 19.9 Å². The number of halogens is 1. The maximum Gasteiger partial charge on any atom is 0.249 e. The number of benzene rings is 1. The molecule has 4 saturated heterocycles. The zero-order valence-corrected chi connectivity index (χ0v) is 37.8. The predicted molar refractivity (Wildman–Crippen MR) is 251 cm³/mol. The van der Waals surface area contributed by atoms with Gasteiger partial charge in [-0.2, -0.15) is 20.7 Å². The molecule has 11 rings (SSSR count). The lowest BCUT2D eigenvalue weighted by atomic mass is 9.85. The van der Waals surface area contributed by atoms with Gasteiger partial charge in [-0.3, -0.25) is 24.5 Å². The van der Waals surface area contributed by atoms with E-state index in [1.807, 2.05) is 61.2 Å². The van der Waals surface area contributed by atoms with Crippen LogP contribution in [0.5, 0.6) is 5.88 Å². The van der Waals surface area contributed by atoms with Crippen molar-refractivity contribution in [3.8, 4) is 40.3 Å². The molecule has 346 valence electrons. The maximum absolute atomic E-state index is 15.4. The van der Waals surface area contributed by atoms with Crippen LogP contribution in [0.2, 0.25) is 0 Å². The van der Waals surface area contributed by atoms with Crippen LogP contribution in [0.15, 0.2) is 85.7 Å². The molecule has 1 saturated carbocycles. The van der Waals surface area contributed by atoms with E-state index >= 15 is 4.39 Å². The summed E-state index contributed by atoms with van der Waals surface area (Å²) in [6.45, 7) is 4.03. The monoisotopic (exact) mass is 913 g/mol. The van der Waals surface area contributed by atoms with Crippen molar-refractivity contribution >= 4 is 28.8 Å². The Morgan fingerprint density at radius 3 is 2.41 bits per heavy atom. The van der Waals surface area contributed by atoms with Crippen molar-refractivity contribution in [2.24, 2.45) is 5.92 Å². The third-order valence-corrected chi connectivity index (χ3v) is 15.1. The molecule has 1 aromatic carbocycles. The molecular weight excluding hydrogens is 862 g/mol. The zero-order chi connectivity index (χ0) is 46.5. The number of amides is 2. The molecule has 16 nitrogen and oxygen atoms in total. The highest BCUT2D eigenvalue weighted by atomic mass is 19.1. The van der Waals surface area contributed by atoms with Crippen LogP contribution in [-0.4, -0.2) is 108 Å². The first-order valence-electron chi connectivity index (χ1n) is 23.7. The van der Waals surface area contributed by atoms with Gasteiger partial charge in [0.25, 0.3) is 0 Å². The smallest absolute Gasteiger partial charge is 0.249 e. The van der Waals surface area contributed by atoms with Crippen LogP contribution >= 0.6 is 0 Å². The molecule has 2 amide bonds. The number of carbonyl (C=O) groups excluding carboxylic acids is 2. The molecule has 6 aromatic rings. The molecule has 4 aliphatic heterocycles. The first kappa shape index (κ1) is 43.4. The van der Waals surface area contributed by atoms with E-state index in [1.165, 1.54) is 6.07 Å². The summed E-state index contributed by atoms with van der Waals surface area (Å²) in [6, 6.07) is 20.6. The Hall–Kier alpha value is -7.21. The van der Waals surface area contributed by atoms with E-state index in [2.05, 4.69) is 64.5 Å². The number of rotatable bonds is 11. The van der Waals surface area contributed by atoms with Crippen LogP contribution in [0.25, 0.3) is 27.8 Å². The number of carbonyl (C=O) groups is 2. The van der Waals surface area contributed by atoms with Crippen molar-refractivity contribution < 1.29 is 18.7 Å². The van der Waals surface area contributed by atoms with Crippen molar-refractivity contribution in [3.63, 3.8) is 0 Å². The Morgan fingerprint density at radius 2 is 1.69 bits per heavy atom. The highest BCUT2D eigenvalue weighted by Crippen LogP contribution is 2.41. The summed E-state index contributed by atoms with van der Waals surface area (Å²) in [5.41, 5.74) is 7.17. The lowest BCUT2D eigenvalue weighted by Gasteiger charge is -2.48. The molecule has 17 heteroatoms. The van der Waals surface area contributed by atoms with Gasteiger partial charge in [0, 0.05) is 96.9 Å². The average molecular weight is 914 g/mol. The number of nitrogens with zero attached hydrogens (tertiary/aromatic N) is 11. The number of hydrogen-bond donors (Lipinski definition) is 2. The van der Waals surface area contributed by atoms with Crippen molar-refractivity contribution in [2.75, 3.05) is 43.5 Å². The number of likely N-dealkylation sites (tertiary alicyclic amines) is 2. The Kier molecular flexibility index (Phi) is 11.6. The second-order valence-corrected chi connectivity index (χ2v) is 19.0. The van der Waals surface area contributed by atoms with Gasteiger partial charge in [0.2, 0.25) is 17.7 Å². The Balaban J connectivity index is 0.720. The molecule has 5 aromatic heterocycles. The fraction of sp³-hybridized carbons (Fsp3) is 0.412. The number of nitriles is 2. The molecule has 4 atom stereocenters. The van der Waals surface area contributed by atoms with E-state index in [9.17, 15) is 20.1 Å².